The van der Waals surface area contributed by atoms with Gasteiger partial charge in [0.15, 0.2) is 5.16 Å². The fourth-order valence-corrected chi connectivity index (χ4v) is 3.40. The van der Waals surface area contributed by atoms with Crippen molar-refractivity contribution in [1.29, 1.82) is 0 Å². The molecule has 0 bridgehead atoms. The summed E-state index contributed by atoms with van der Waals surface area (Å²) < 4.78 is 7.11. The average Bonchev–Trinajstić information content (AvgIpc) is 3.05. The number of benzene rings is 2. The molecular formula is C19H19N3O2S. The number of hydrogen-bond acceptors (Lipinski definition) is 4. The highest BCUT2D eigenvalue weighted by Gasteiger charge is 2.24. The minimum atomic E-state index is -0.409. The smallest absolute Gasteiger partial charge is 0.242 e. The first-order chi connectivity index (χ1) is 12.2. The number of anilines is 1. The highest BCUT2D eigenvalue weighted by atomic mass is 32.2. The van der Waals surface area contributed by atoms with Gasteiger partial charge in [0, 0.05) is 31.2 Å². The van der Waals surface area contributed by atoms with E-state index >= 15 is 0 Å². The summed E-state index contributed by atoms with van der Waals surface area (Å²) in [6.45, 7) is 0. The lowest BCUT2D eigenvalue weighted by molar-refractivity contribution is -0.115. The molecule has 128 valence electrons. The number of amides is 1. The Labute approximate surface area is 151 Å². The minimum Gasteiger partial charge on any atom is -0.497 e. The van der Waals surface area contributed by atoms with Crippen molar-refractivity contribution in [1.82, 2.24) is 9.55 Å². The van der Waals surface area contributed by atoms with E-state index in [-0.39, 0.29) is 5.91 Å². The van der Waals surface area contributed by atoms with Crippen LogP contribution in [0.2, 0.25) is 0 Å². The summed E-state index contributed by atoms with van der Waals surface area (Å²) in [7, 11) is 3.52. The highest BCUT2D eigenvalue weighted by molar-refractivity contribution is 8.00. The fourth-order valence-electron chi connectivity index (χ4n) is 2.38. The average molecular weight is 353 g/mol. The van der Waals surface area contributed by atoms with Crippen molar-refractivity contribution in [2.24, 2.45) is 7.05 Å². The molecular weight excluding hydrogens is 334 g/mol. The van der Waals surface area contributed by atoms with Crippen LogP contribution in [-0.2, 0) is 11.8 Å². The van der Waals surface area contributed by atoms with Gasteiger partial charge >= 0.3 is 0 Å². The lowest BCUT2D eigenvalue weighted by atomic mass is 10.1. The maximum atomic E-state index is 12.9. The van der Waals surface area contributed by atoms with E-state index in [4.69, 9.17) is 4.74 Å². The molecule has 1 amide bonds. The Hall–Kier alpha value is -2.73. The lowest BCUT2D eigenvalue weighted by Gasteiger charge is -2.17. The Bertz CT molecular complexity index is 849. The first-order valence-electron chi connectivity index (χ1n) is 7.81. The van der Waals surface area contributed by atoms with Gasteiger partial charge in [-0.3, -0.25) is 4.79 Å². The standard InChI is InChI=1S/C19H19N3O2S/c1-22-12-11-20-19(22)25-17(14-7-4-3-5-8-14)18(23)21-15-9-6-10-16(13-15)24-2/h3-13,17H,1-2H3,(H,21,23)/t17-/m0/s1. The number of carbonyl (C=O) groups excluding carboxylic acids is 1. The van der Waals surface area contributed by atoms with E-state index in [1.54, 1.807) is 19.4 Å². The Kier molecular flexibility index (Phi) is 5.40. The maximum absolute atomic E-state index is 12.9. The van der Waals surface area contributed by atoms with Crippen LogP contribution in [0, 0.1) is 0 Å². The number of imidazole rings is 1. The Morgan fingerprint density at radius 2 is 2.00 bits per heavy atom. The highest BCUT2D eigenvalue weighted by Crippen LogP contribution is 2.35. The van der Waals surface area contributed by atoms with Crippen molar-refractivity contribution in [2.75, 3.05) is 12.4 Å². The van der Waals surface area contributed by atoms with Gasteiger partial charge < -0.3 is 14.6 Å². The van der Waals surface area contributed by atoms with Crippen molar-refractivity contribution in [3.63, 3.8) is 0 Å². The van der Waals surface area contributed by atoms with Gasteiger partial charge in [0.05, 0.1) is 7.11 Å². The van der Waals surface area contributed by atoms with Gasteiger partial charge in [-0.2, -0.15) is 0 Å². The molecule has 5 nitrogen and oxygen atoms in total. The summed E-state index contributed by atoms with van der Waals surface area (Å²) in [5.41, 5.74) is 1.63. The summed E-state index contributed by atoms with van der Waals surface area (Å²) in [6, 6.07) is 17.0. The molecule has 0 aliphatic heterocycles. The number of ether oxygens (including phenoxy) is 1. The number of aromatic nitrogens is 2. The van der Waals surface area contributed by atoms with E-state index in [0.717, 1.165) is 10.7 Å². The molecule has 2 aromatic carbocycles. The normalized spacial score (nSPS) is 11.8. The van der Waals surface area contributed by atoms with Crippen molar-refractivity contribution in [3.8, 4) is 5.75 Å². The number of nitrogens with zero attached hydrogens (tertiary/aromatic N) is 2. The molecule has 0 saturated carbocycles. The van der Waals surface area contributed by atoms with Gasteiger partial charge in [0.1, 0.15) is 11.0 Å². The minimum absolute atomic E-state index is 0.104. The van der Waals surface area contributed by atoms with E-state index < -0.39 is 5.25 Å². The van der Waals surface area contributed by atoms with E-state index in [1.165, 1.54) is 11.8 Å². The molecule has 3 aromatic rings. The molecule has 1 heterocycles. The van der Waals surface area contributed by atoms with Crippen LogP contribution in [0.25, 0.3) is 0 Å². The third-order valence-electron chi connectivity index (χ3n) is 3.68. The third kappa shape index (κ3) is 4.22. The van der Waals surface area contributed by atoms with Gasteiger partial charge in [-0.15, -0.1) is 0 Å². The Balaban J connectivity index is 1.85. The number of aryl methyl sites for hydroxylation is 1. The number of carbonyl (C=O) groups is 1. The largest absolute Gasteiger partial charge is 0.497 e. The number of thioether (sulfide) groups is 1. The molecule has 0 spiro atoms. The van der Waals surface area contributed by atoms with Gasteiger partial charge in [-0.05, 0) is 17.7 Å². The number of hydrogen-bond donors (Lipinski definition) is 1. The van der Waals surface area contributed by atoms with E-state index in [2.05, 4.69) is 10.3 Å². The molecule has 1 atom stereocenters. The number of rotatable bonds is 6. The van der Waals surface area contributed by atoms with Crippen molar-refractivity contribution < 1.29 is 9.53 Å². The van der Waals surface area contributed by atoms with Gasteiger partial charge in [-0.25, -0.2) is 4.98 Å². The van der Waals surface area contributed by atoms with Crippen LogP contribution in [0.3, 0.4) is 0 Å². The fraction of sp³-hybridized carbons (Fsp3) is 0.158. The summed E-state index contributed by atoms with van der Waals surface area (Å²) in [4.78, 5) is 17.3. The molecule has 1 N–H and O–H groups in total. The number of methoxy groups -OCH3 is 1. The van der Waals surface area contributed by atoms with Crippen LogP contribution >= 0.6 is 11.8 Å². The molecule has 0 aliphatic carbocycles. The molecule has 0 aliphatic rings. The monoisotopic (exact) mass is 353 g/mol. The van der Waals surface area contributed by atoms with Gasteiger partial charge in [0.25, 0.3) is 0 Å². The lowest BCUT2D eigenvalue weighted by Crippen LogP contribution is -2.19. The second-order valence-electron chi connectivity index (χ2n) is 5.45. The Morgan fingerprint density at radius 3 is 2.68 bits per heavy atom. The summed E-state index contributed by atoms with van der Waals surface area (Å²) in [6.07, 6.45) is 3.59. The first kappa shape index (κ1) is 17.1. The van der Waals surface area contributed by atoms with Crippen molar-refractivity contribution in [2.45, 2.75) is 10.4 Å². The maximum Gasteiger partial charge on any atom is 0.242 e. The van der Waals surface area contributed by atoms with Gasteiger partial charge in [0.2, 0.25) is 5.91 Å². The SMILES string of the molecule is COc1cccc(NC(=O)[C@@H](Sc2nccn2C)c2ccccc2)c1. The van der Waals surface area contributed by atoms with Crippen LogP contribution in [0.1, 0.15) is 10.8 Å². The topological polar surface area (TPSA) is 56.1 Å². The number of nitrogens with one attached hydrogen (secondary N) is 1. The van der Waals surface area contributed by atoms with Crippen LogP contribution in [-0.4, -0.2) is 22.6 Å². The van der Waals surface area contributed by atoms with Crippen molar-refractivity contribution in [3.05, 3.63) is 72.6 Å². The van der Waals surface area contributed by atoms with Crippen LogP contribution in [0.4, 0.5) is 5.69 Å². The zero-order valence-electron chi connectivity index (χ0n) is 14.0. The van der Waals surface area contributed by atoms with Crippen LogP contribution in [0.15, 0.2) is 72.1 Å². The second kappa shape index (κ2) is 7.90. The van der Waals surface area contributed by atoms with E-state index in [1.807, 2.05) is 66.3 Å². The predicted octanol–water partition coefficient (Wildman–Crippen LogP) is 3.90. The zero-order chi connectivity index (χ0) is 17.6. The second-order valence-corrected chi connectivity index (χ2v) is 6.52. The van der Waals surface area contributed by atoms with Crippen molar-refractivity contribution >= 4 is 23.4 Å². The first-order valence-corrected chi connectivity index (χ1v) is 8.69. The third-order valence-corrected chi connectivity index (χ3v) is 5.00. The zero-order valence-corrected chi connectivity index (χ0v) is 14.9. The predicted molar refractivity (Wildman–Crippen MR) is 99.9 cm³/mol. The summed E-state index contributed by atoms with van der Waals surface area (Å²) in [5.74, 6) is 0.596. The summed E-state index contributed by atoms with van der Waals surface area (Å²) in [5, 5.41) is 3.35. The van der Waals surface area contributed by atoms with E-state index in [9.17, 15) is 4.79 Å². The van der Waals surface area contributed by atoms with Crippen LogP contribution in [0.5, 0.6) is 5.75 Å². The van der Waals surface area contributed by atoms with E-state index in [0.29, 0.717) is 11.4 Å². The molecule has 1 aromatic heterocycles. The molecule has 6 heteroatoms. The molecule has 25 heavy (non-hydrogen) atoms. The summed E-state index contributed by atoms with van der Waals surface area (Å²) >= 11 is 1.42. The molecule has 0 radical (unpaired) electrons. The molecule has 3 rings (SSSR count). The molecule has 0 fully saturated rings. The van der Waals surface area contributed by atoms with Crippen LogP contribution < -0.4 is 10.1 Å². The van der Waals surface area contributed by atoms with Gasteiger partial charge in [-0.1, -0.05) is 48.2 Å². The molecule has 0 saturated heterocycles. The Morgan fingerprint density at radius 1 is 1.20 bits per heavy atom. The quantitative estimate of drug-likeness (QED) is 0.683. The molecule has 0 unspecified atom stereocenters.